The Morgan fingerprint density at radius 1 is 0.950 bits per heavy atom. The van der Waals surface area contributed by atoms with Crippen molar-refractivity contribution in [1.82, 2.24) is 4.90 Å². The van der Waals surface area contributed by atoms with E-state index in [1.165, 1.54) is 40.9 Å². The molecule has 0 radical (unpaired) electrons. The zero-order valence-corrected chi connectivity index (χ0v) is 14.9. The summed E-state index contributed by atoms with van der Waals surface area (Å²) in [7, 11) is 0. The van der Waals surface area contributed by atoms with Crippen molar-refractivity contribution in [3.8, 4) is 0 Å². The Balaban J connectivity index is 1.57. The normalized spacial score (nSPS) is 29.5. The molecule has 1 heterocycles. The zero-order chi connectivity index (χ0) is 13.9. The zero-order valence-electron chi connectivity index (χ0n) is 12.0. The van der Waals surface area contributed by atoms with Gasteiger partial charge in [0.1, 0.15) is 0 Å². The number of hydrogen-bond acceptors (Lipinski definition) is 2. The van der Waals surface area contributed by atoms with E-state index in [4.69, 9.17) is 0 Å². The van der Waals surface area contributed by atoms with E-state index < -0.39 is 0 Å². The van der Waals surface area contributed by atoms with Crippen LogP contribution in [-0.4, -0.2) is 35.2 Å². The van der Waals surface area contributed by atoms with Gasteiger partial charge in [-0.25, -0.2) is 0 Å². The Kier molecular flexibility index (Phi) is 5.12. The summed E-state index contributed by atoms with van der Waals surface area (Å²) in [5, 5.41) is 10.2. The summed E-state index contributed by atoms with van der Waals surface area (Å²) in [4.78, 5) is 2.55. The molecular formula is C17H24AtNO. The first-order valence-electron chi connectivity index (χ1n) is 7.91. The number of hydrogen-bond donors (Lipinski definition) is 1. The second-order valence-electron chi connectivity index (χ2n) is 6.28. The molecule has 110 valence electrons. The SMILES string of the molecule is O[C@H]1CCCC[C@@H]1N1CCC(c2ccc([At])cc2)CC1. The summed E-state index contributed by atoms with van der Waals surface area (Å²) >= 11 is 1.75. The molecule has 3 heteroatoms. The van der Waals surface area contributed by atoms with Gasteiger partial charge in [-0.1, -0.05) is 0 Å². The third-order valence-corrected chi connectivity index (χ3v) is 6.01. The molecule has 20 heavy (non-hydrogen) atoms. The van der Waals surface area contributed by atoms with Crippen LogP contribution in [0.2, 0.25) is 0 Å². The van der Waals surface area contributed by atoms with Crippen molar-refractivity contribution in [1.29, 1.82) is 0 Å². The standard InChI is InChI=1S/C17H24AtNO/c18-15-7-5-13(6-8-15)14-9-11-19(12-10-14)16-3-1-2-4-17(16)20/h5-8,14,16-17,20H,1-4,9-12H2/t16-,17-/m0/s1. The third kappa shape index (κ3) is 3.43. The number of aliphatic hydroxyl groups is 1. The second kappa shape index (κ2) is 6.86. The van der Waals surface area contributed by atoms with Crippen LogP contribution in [-0.2, 0) is 0 Å². The molecule has 0 unspecified atom stereocenters. The Bertz CT molecular complexity index is 425. The predicted octanol–water partition coefficient (Wildman–Crippen LogP) is 2.34. The monoisotopic (exact) mass is 468 g/mol. The topological polar surface area (TPSA) is 23.5 Å². The Labute approximate surface area is 137 Å². The quantitative estimate of drug-likeness (QED) is 0.721. The molecule has 1 N–H and O–H groups in total. The fourth-order valence-corrected chi connectivity index (χ4v) is 4.31. The molecule has 0 aromatic heterocycles. The minimum absolute atomic E-state index is 0.0818. The van der Waals surface area contributed by atoms with E-state index in [1.807, 2.05) is 0 Å². The van der Waals surface area contributed by atoms with Gasteiger partial charge in [-0.15, -0.1) is 0 Å². The van der Waals surface area contributed by atoms with E-state index in [9.17, 15) is 5.11 Å². The summed E-state index contributed by atoms with van der Waals surface area (Å²) in [5.41, 5.74) is 1.51. The van der Waals surface area contributed by atoms with Crippen LogP contribution in [0.25, 0.3) is 0 Å². The summed E-state index contributed by atoms with van der Waals surface area (Å²) < 4.78 is 1.40. The van der Waals surface area contributed by atoms with Crippen molar-refractivity contribution in [2.75, 3.05) is 13.1 Å². The Morgan fingerprint density at radius 3 is 2.25 bits per heavy atom. The Morgan fingerprint density at radius 2 is 1.60 bits per heavy atom. The fraction of sp³-hybridized carbons (Fsp3) is 0.647. The number of nitrogens with zero attached hydrogens (tertiary/aromatic N) is 1. The van der Waals surface area contributed by atoms with E-state index in [1.54, 1.807) is 24.7 Å². The maximum atomic E-state index is 10.2. The van der Waals surface area contributed by atoms with Crippen molar-refractivity contribution in [2.45, 2.75) is 56.6 Å². The van der Waals surface area contributed by atoms with Crippen LogP contribution in [0.3, 0.4) is 0 Å². The molecular weight excluding hydrogens is 444 g/mol. The Hall–Kier alpha value is 0.0231. The molecule has 1 saturated heterocycles. The average molecular weight is 468 g/mol. The molecule has 1 aromatic rings. The second-order valence-corrected chi connectivity index (χ2v) is 7.98. The van der Waals surface area contributed by atoms with Gasteiger partial charge in [0.15, 0.2) is 0 Å². The van der Waals surface area contributed by atoms with Crippen LogP contribution < -0.4 is 3.27 Å². The van der Waals surface area contributed by atoms with Crippen LogP contribution >= 0.6 is 0 Å². The van der Waals surface area contributed by atoms with E-state index in [2.05, 4.69) is 29.2 Å². The van der Waals surface area contributed by atoms with Gasteiger partial charge < -0.3 is 0 Å². The molecule has 2 fully saturated rings. The van der Waals surface area contributed by atoms with E-state index in [-0.39, 0.29) is 6.10 Å². The van der Waals surface area contributed by atoms with Gasteiger partial charge in [-0.3, -0.25) is 0 Å². The van der Waals surface area contributed by atoms with Gasteiger partial charge in [0.25, 0.3) is 0 Å². The first-order valence-corrected chi connectivity index (χ1v) is 9.38. The van der Waals surface area contributed by atoms with Crippen LogP contribution in [0, 0.1) is 24.7 Å². The fourth-order valence-electron chi connectivity index (χ4n) is 3.82. The minimum atomic E-state index is -0.0818. The first-order chi connectivity index (χ1) is 9.74. The van der Waals surface area contributed by atoms with Gasteiger partial charge in [-0.05, 0) is 0 Å². The molecule has 1 aliphatic heterocycles. The molecule has 3 rings (SSSR count). The van der Waals surface area contributed by atoms with Gasteiger partial charge >= 0.3 is 138 Å². The molecule has 0 amide bonds. The summed E-state index contributed by atoms with van der Waals surface area (Å²) in [6.45, 7) is 2.31. The van der Waals surface area contributed by atoms with Crippen molar-refractivity contribution in [3.63, 3.8) is 0 Å². The van der Waals surface area contributed by atoms with Crippen molar-refractivity contribution >= 4 is 3.27 Å². The molecule has 1 saturated carbocycles. The molecule has 2 aliphatic rings. The summed E-state index contributed by atoms with van der Waals surface area (Å²) in [6.07, 6.45) is 7.11. The van der Waals surface area contributed by atoms with E-state index in [0.717, 1.165) is 25.4 Å². The third-order valence-electron chi connectivity index (χ3n) is 5.03. The van der Waals surface area contributed by atoms with Crippen molar-refractivity contribution < 1.29 is 29.8 Å². The van der Waals surface area contributed by atoms with E-state index in [0.29, 0.717) is 6.04 Å². The van der Waals surface area contributed by atoms with Crippen molar-refractivity contribution in [2.24, 2.45) is 0 Å². The molecule has 0 bridgehead atoms. The number of rotatable bonds is 2. The molecule has 1 aliphatic carbocycles. The van der Waals surface area contributed by atoms with Crippen LogP contribution in [0.15, 0.2) is 24.3 Å². The average Bonchev–Trinajstić information content (AvgIpc) is 2.49. The van der Waals surface area contributed by atoms with Crippen LogP contribution in [0.1, 0.15) is 50.0 Å². The molecule has 2 atom stereocenters. The van der Waals surface area contributed by atoms with E-state index >= 15 is 0 Å². The van der Waals surface area contributed by atoms with Gasteiger partial charge in [0, 0.05) is 0 Å². The molecule has 1 aromatic carbocycles. The maximum absolute atomic E-state index is 10.2. The number of aliphatic hydroxyl groups excluding tert-OH is 1. The summed E-state index contributed by atoms with van der Waals surface area (Å²) in [5.74, 6) is 0.722. The number of piperidine rings is 1. The number of likely N-dealkylation sites (tertiary alicyclic amines) is 1. The van der Waals surface area contributed by atoms with Gasteiger partial charge in [-0.2, -0.15) is 0 Å². The first kappa shape index (κ1) is 14.9. The van der Waals surface area contributed by atoms with Crippen LogP contribution in [0.5, 0.6) is 0 Å². The predicted molar refractivity (Wildman–Crippen MR) is 77.9 cm³/mol. The molecule has 0 spiro atoms. The number of benzene rings is 1. The molecule has 2 nitrogen and oxygen atoms in total. The van der Waals surface area contributed by atoms with Crippen molar-refractivity contribution in [3.05, 3.63) is 29.8 Å². The van der Waals surface area contributed by atoms with Gasteiger partial charge in [0.05, 0.1) is 0 Å². The summed E-state index contributed by atoms with van der Waals surface area (Å²) in [6, 6.07) is 9.56. The van der Waals surface area contributed by atoms with Crippen LogP contribution in [0.4, 0.5) is 0 Å². The van der Waals surface area contributed by atoms with Gasteiger partial charge in [0.2, 0.25) is 0 Å².